The van der Waals surface area contributed by atoms with Crippen molar-refractivity contribution in [3.63, 3.8) is 0 Å². The van der Waals surface area contributed by atoms with Crippen LogP contribution in [0.2, 0.25) is 0 Å². The molecule has 6 rings (SSSR count). The van der Waals surface area contributed by atoms with E-state index in [-0.39, 0.29) is 25.0 Å². The van der Waals surface area contributed by atoms with E-state index in [0.717, 1.165) is 23.1 Å². The van der Waals surface area contributed by atoms with E-state index in [1.807, 2.05) is 0 Å². The molecule has 2 unspecified atom stereocenters. The summed E-state index contributed by atoms with van der Waals surface area (Å²) in [6.07, 6.45) is -4.07. The molecule has 7 nitrogen and oxygen atoms in total. The lowest BCUT2D eigenvalue weighted by atomic mass is 9.30. The van der Waals surface area contributed by atoms with Gasteiger partial charge in [0, 0.05) is 17.0 Å². The first kappa shape index (κ1) is 27.3. The first-order valence-corrected chi connectivity index (χ1v) is 11.8. The zero-order chi connectivity index (χ0) is 28.5. The fraction of sp³-hybridized carbons (Fsp3) is 0.480. The molecular weight excluding hydrogens is 537 g/mol. The van der Waals surface area contributed by atoms with Crippen LogP contribution in [0.5, 0.6) is 5.75 Å². The van der Waals surface area contributed by atoms with E-state index in [4.69, 9.17) is 4.74 Å². The number of tetrazole rings is 1. The Morgan fingerprint density at radius 1 is 0.974 bits per heavy atom. The Morgan fingerprint density at radius 3 is 2.15 bits per heavy atom. The van der Waals surface area contributed by atoms with Crippen molar-refractivity contribution >= 4 is 0 Å². The van der Waals surface area contributed by atoms with Gasteiger partial charge in [-0.1, -0.05) is 12.1 Å². The highest BCUT2D eigenvalue weighted by atomic mass is 19.4. The molecule has 0 saturated heterocycles. The quantitative estimate of drug-likeness (QED) is 0.380. The third-order valence-electron chi connectivity index (χ3n) is 7.97. The van der Waals surface area contributed by atoms with Gasteiger partial charge in [-0.2, -0.15) is 13.2 Å². The van der Waals surface area contributed by atoms with E-state index >= 15 is 8.78 Å². The Morgan fingerprint density at radius 2 is 1.62 bits per heavy atom. The minimum absolute atomic E-state index is 0.0533. The Balaban J connectivity index is 1.35. The second kappa shape index (κ2) is 8.62. The predicted octanol–water partition coefficient (Wildman–Crippen LogP) is 4.29. The van der Waals surface area contributed by atoms with Gasteiger partial charge in [-0.15, -0.1) is 5.10 Å². The van der Waals surface area contributed by atoms with Gasteiger partial charge in [-0.05, 0) is 71.9 Å². The number of hydrogen-bond acceptors (Lipinski definition) is 6. The van der Waals surface area contributed by atoms with Crippen LogP contribution in [0, 0.1) is 17.0 Å². The van der Waals surface area contributed by atoms with Crippen LogP contribution in [0.1, 0.15) is 37.3 Å². The zero-order valence-electron chi connectivity index (χ0n) is 20.4. The first-order valence-electron chi connectivity index (χ1n) is 11.8. The third-order valence-corrected chi connectivity index (χ3v) is 7.97. The van der Waals surface area contributed by atoms with Crippen LogP contribution in [-0.4, -0.2) is 54.7 Å². The van der Waals surface area contributed by atoms with Gasteiger partial charge in [0.25, 0.3) is 5.92 Å². The second-order valence-electron chi connectivity index (χ2n) is 10.7. The van der Waals surface area contributed by atoms with E-state index in [0.29, 0.717) is 18.6 Å². The van der Waals surface area contributed by atoms with Crippen molar-refractivity contribution in [2.24, 2.45) is 5.41 Å². The van der Waals surface area contributed by atoms with Gasteiger partial charge in [0.2, 0.25) is 0 Å². The zero-order valence-corrected chi connectivity index (χ0v) is 20.4. The highest BCUT2D eigenvalue weighted by Crippen LogP contribution is 2.80. The summed E-state index contributed by atoms with van der Waals surface area (Å²) < 4.78 is 105. The van der Waals surface area contributed by atoms with Crippen molar-refractivity contribution < 1.29 is 45.7 Å². The Hall–Kier alpha value is -3.26. The first-order chi connectivity index (χ1) is 18.0. The number of nitrogens with zero attached hydrogens (tertiary/aromatic N) is 4. The van der Waals surface area contributed by atoms with Crippen molar-refractivity contribution in [2.45, 2.75) is 61.4 Å². The summed E-state index contributed by atoms with van der Waals surface area (Å²) >= 11 is 0. The standard InChI is InChI=1S/C25H23F7N4O3/c1-20(37,25(30,31)32)13-39-17-5-2-15(3-6-17)21-9-22(10-21,11-21)24(28,29)23(38,12-36-14-33-34-35-36)18-7-4-16(26)8-19(18)27/h2-8,14,37-38H,9-13H2,1H3. The van der Waals surface area contributed by atoms with Gasteiger partial charge in [0.15, 0.2) is 11.2 Å². The smallest absolute Gasteiger partial charge is 0.420 e. The predicted molar refractivity (Wildman–Crippen MR) is 120 cm³/mol. The number of alkyl halides is 5. The van der Waals surface area contributed by atoms with Gasteiger partial charge in [0.05, 0.1) is 6.54 Å². The topological polar surface area (TPSA) is 93.3 Å². The van der Waals surface area contributed by atoms with E-state index in [2.05, 4.69) is 15.5 Å². The number of halogens is 7. The minimum Gasteiger partial charge on any atom is -0.490 e. The lowest BCUT2D eigenvalue weighted by Crippen LogP contribution is -2.76. The van der Waals surface area contributed by atoms with Crippen LogP contribution < -0.4 is 4.74 Å². The maximum atomic E-state index is 16.2. The average Bonchev–Trinajstić information content (AvgIpc) is 3.28. The molecule has 3 aliphatic carbocycles. The van der Waals surface area contributed by atoms with Crippen LogP contribution in [0.3, 0.4) is 0 Å². The number of ether oxygens (including phenoxy) is 1. The van der Waals surface area contributed by atoms with E-state index in [1.165, 1.54) is 12.1 Å². The van der Waals surface area contributed by atoms with Crippen molar-refractivity contribution in [3.05, 3.63) is 71.6 Å². The third kappa shape index (κ3) is 4.15. The fourth-order valence-electron chi connectivity index (χ4n) is 5.74. The van der Waals surface area contributed by atoms with Crippen molar-refractivity contribution in [1.82, 2.24) is 20.2 Å². The number of benzene rings is 2. The molecule has 14 heteroatoms. The van der Waals surface area contributed by atoms with Gasteiger partial charge in [0.1, 0.15) is 30.3 Å². The van der Waals surface area contributed by atoms with Gasteiger partial charge < -0.3 is 14.9 Å². The molecule has 0 aliphatic heterocycles. The van der Waals surface area contributed by atoms with Crippen LogP contribution in [0.4, 0.5) is 30.7 Å². The Kier molecular flexibility index (Phi) is 6.04. The summed E-state index contributed by atoms with van der Waals surface area (Å²) in [5.74, 6) is -6.18. The SMILES string of the molecule is CC(O)(COc1ccc(C23CC(C(F)(F)C(O)(Cn4cnnn4)c4ccc(F)cc4F)(C2)C3)cc1)C(F)(F)F. The number of hydrogen-bond donors (Lipinski definition) is 2. The lowest BCUT2D eigenvalue weighted by Gasteiger charge is -2.74. The molecule has 2 bridgehead atoms. The Labute approximate surface area is 217 Å². The fourth-order valence-corrected chi connectivity index (χ4v) is 5.74. The molecule has 210 valence electrons. The van der Waals surface area contributed by atoms with Gasteiger partial charge >= 0.3 is 6.18 Å². The summed E-state index contributed by atoms with van der Waals surface area (Å²) in [7, 11) is 0. The lowest BCUT2D eigenvalue weighted by molar-refractivity contribution is -0.347. The van der Waals surface area contributed by atoms with Gasteiger partial charge in [-0.25, -0.2) is 22.2 Å². The summed E-state index contributed by atoms with van der Waals surface area (Å²) in [5, 5.41) is 31.2. The molecule has 2 atom stereocenters. The summed E-state index contributed by atoms with van der Waals surface area (Å²) in [6, 6.07) is 7.83. The molecule has 0 amide bonds. The average molecular weight is 560 g/mol. The molecule has 2 N–H and O–H groups in total. The molecular formula is C25H23F7N4O3. The van der Waals surface area contributed by atoms with Crippen molar-refractivity contribution in [1.29, 1.82) is 0 Å². The second-order valence-corrected chi connectivity index (χ2v) is 10.7. The van der Waals surface area contributed by atoms with Crippen LogP contribution >= 0.6 is 0 Å². The maximum absolute atomic E-state index is 16.2. The van der Waals surface area contributed by atoms with Crippen LogP contribution in [0.25, 0.3) is 0 Å². The highest BCUT2D eigenvalue weighted by Gasteiger charge is 2.82. The largest absolute Gasteiger partial charge is 0.490 e. The number of aromatic nitrogens is 4. The number of rotatable bonds is 9. The molecule has 0 radical (unpaired) electrons. The molecule has 3 aliphatic rings. The van der Waals surface area contributed by atoms with Gasteiger partial charge in [-0.3, -0.25) is 0 Å². The molecule has 3 saturated carbocycles. The van der Waals surface area contributed by atoms with E-state index < -0.39 is 64.5 Å². The summed E-state index contributed by atoms with van der Waals surface area (Å²) in [5.41, 5.74) is -8.68. The highest BCUT2D eigenvalue weighted by molar-refractivity contribution is 5.44. The Bertz CT molecular complexity index is 1340. The van der Waals surface area contributed by atoms with Crippen LogP contribution in [-0.2, 0) is 17.6 Å². The summed E-state index contributed by atoms with van der Waals surface area (Å²) in [6.45, 7) is -1.34. The van der Waals surface area contributed by atoms with E-state index in [9.17, 15) is 32.2 Å². The van der Waals surface area contributed by atoms with Crippen LogP contribution in [0.15, 0.2) is 48.8 Å². The molecule has 2 aromatic carbocycles. The normalized spacial score (nSPS) is 25.7. The minimum atomic E-state index is -4.89. The molecule has 0 spiro atoms. The van der Waals surface area contributed by atoms with E-state index in [1.54, 1.807) is 12.1 Å². The van der Waals surface area contributed by atoms with Crippen molar-refractivity contribution in [2.75, 3.05) is 6.61 Å². The molecule has 3 aromatic rings. The molecule has 39 heavy (non-hydrogen) atoms. The monoisotopic (exact) mass is 560 g/mol. The molecule has 1 aromatic heterocycles. The van der Waals surface area contributed by atoms with Crippen molar-refractivity contribution in [3.8, 4) is 5.75 Å². The number of aliphatic hydroxyl groups is 2. The molecule has 1 heterocycles. The summed E-state index contributed by atoms with van der Waals surface area (Å²) in [4.78, 5) is 0. The maximum Gasteiger partial charge on any atom is 0.420 e. The molecule has 3 fully saturated rings.